The molecule has 0 unspecified atom stereocenters. The number of ether oxygens (including phenoxy) is 1. The normalized spacial score (nSPS) is 16.6. The van der Waals surface area contributed by atoms with Gasteiger partial charge in [0.05, 0.1) is 6.10 Å². The highest BCUT2D eigenvalue weighted by Crippen LogP contribution is 2.17. The van der Waals surface area contributed by atoms with Gasteiger partial charge in [0, 0.05) is 30.3 Å². The van der Waals surface area contributed by atoms with Crippen LogP contribution in [0.3, 0.4) is 0 Å². The molecule has 1 aliphatic rings. The Labute approximate surface area is 150 Å². The van der Waals surface area contributed by atoms with Crippen LogP contribution in [0.1, 0.15) is 28.8 Å². The zero-order valence-corrected chi connectivity index (χ0v) is 14.9. The minimum atomic E-state index is -0.255. The first-order chi connectivity index (χ1) is 12.1. The first kappa shape index (κ1) is 17.6. The second-order valence-corrected chi connectivity index (χ2v) is 6.92. The average Bonchev–Trinajstić information content (AvgIpc) is 3.28. The monoisotopic (exact) mass is 359 g/mol. The van der Waals surface area contributed by atoms with Crippen molar-refractivity contribution in [1.29, 1.82) is 0 Å². The fraction of sp³-hybridized carbons (Fsp3) is 0.389. The third-order valence-electron chi connectivity index (χ3n) is 4.12. The lowest BCUT2D eigenvalue weighted by Gasteiger charge is -2.25. The van der Waals surface area contributed by atoms with E-state index in [0.717, 1.165) is 18.4 Å². The Bertz CT molecular complexity index is 727. The Morgan fingerprint density at radius 3 is 2.92 bits per heavy atom. The molecule has 3 rings (SSSR count). The summed E-state index contributed by atoms with van der Waals surface area (Å²) >= 11 is 1.35. The topological polar surface area (TPSA) is 71.5 Å². The van der Waals surface area contributed by atoms with Gasteiger partial charge in [-0.25, -0.2) is 4.98 Å². The fourth-order valence-corrected chi connectivity index (χ4v) is 3.40. The number of hydrogen-bond acceptors (Lipinski definition) is 5. The Hall–Kier alpha value is -2.25. The molecule has 2 heterocycles. The highest BCUT2D eigenvalue weighted by Gasteiger charge is 2.26. The molecule has 0 radical (unpaired) electrons. The molecule has 1 aromatic heterocycles. The smallest absolute Gasteiger partial charge is 0.254 e. The van der Waals surface area contributed by atoms with Gasteiger partial charge in [-0.3, -0.25) is 9.59 Å². The molecule has 1 aliphatic heterocycles. The second kappa shape index (κ2) is 8.22. The van der Waals surface area contributed by atoms with E-state index in [9.17, 15) is 9.59 Å². The number of carbonyl (C=O) groups is 2. The molecule has 1 fully saturated rings. The molecule has 1 N–H and O–H groups in total. The number of aryl methyl sites for hydroxylation is 1. The summed E-state index contributed by atoms with van der Waals surface area (Å²) in [5, 5.41) is 5.05. The van der Waals surface area contributed by atoms with E-state index in [-0.39, 0.29) is 24.5 Å². The Morgan fingerprint density at radius 1 is 1.40 bits per heavy atom. The van der Waals surface area contributed by atoms with Crippen molar-refractivity contribution in [3.63, 3.8) is 0 Å². The Morgan fingerprint density at radius 2 is 2.24 bits per heavy atom. The third kappa shape index (κ3) is 4.64. The summed E-state index contributed by atoms with van der Waals surface area (Å²) in [7, 11) is 0. The number of carbonyl (C=O) groups excluding carboxylic acids is 2. The zero-order valence-electron chi connectivity index (χ0n) is 14.1. The summed E-state index contributed by atoms with van der Waals surface area (Å²) in [5.74, 6) is -0.405. The molecule has 6 nitrogen and oxygen atoms in total. The number of benzene rings is 1. The molecule has 0 spiro atoms. The highest BCUT2D eigenvalue weighted by molar-refractivity contribution is 7.13. The molecule has 1 aromatic carbocycles. The number of anilines is 1. The first-order valence-electron chi connectivity index (χ1n) is 8.29. The van der Waals surface area contributed by atoms with Crippen LogP contribution >= 0.6 is 11.3 Å². The molecule has 0 aliphatic carbocycles. The summed E-state index contributed by atoms with van der Waals surface area (Å²) in [5.41, 5.74) is 1.51. The van der Waals surface area contributed by atoms with Crippen molar-refractivity contribution in [3.05, 3.63) is 47.0 Å². The minimum absolute atomic E-state index is 0.0133. The molecular formula is C18H21N3O3S. The van der Waals surface area contributed by atoms with Crippen molar-refractivity contribution < 1.29 is 14.3 Å². The third-order valence-corrected chi connectivity index (χ3v) is 4.81. The maximum Gasteiger partial charge on any atom is 0.254 e. The van der Waals surface area contributed by atoms with Gasteiger partial charge in [-0.15, -0.1) is 11.3 Å². The van der Waals surface area contributed by atoms with Crippen LogP contribution in [0.5, 0.6) is 0 Å². The Balaban J connectivity index is 1.73. The van der Waals surface area contributed by atoms with E-state index in [0.29, 0.717) is 23.8 Å². The van der Waals surface area contributed by atoms with Gasteiger partial charge in [-0.05, 0) is 31.4 Å². The van der Waals surface area contributed by atoms with E-state index >= 15 is 0 Å². The number of hydrogen-bond donors (Lipinski definition) is 1. The van der Waals surface area contributed by atoms with Crippen LogP contribution in [0.15, 0.2) is 35.8 Å². The number of nitrogens with one attached hydrogen (secondary N) is 1. The summed E-state index contributed by atoms with van der Waals surface area (Å²) in [4.78, 5) is 30.9. The summed E-state index contributed by atoms with van der Waals surface area (Å²) in [6.45, 7) is 3.00. The van der Waals surface area contributed by atoms with Crippen LogP contribution in [-0.4, -0.2) is 47.5 Å². The number of aromatic nitrogens is 1. The maximum absolute atomic E-state index is 13.0. The van der Waals surface area contributed by atoms with Crippen molar-refractivity contribution in [3.8, 4) is 0 Å². The van der Waals surface area contributed by atoms with Gasteiger partial charge >= 0.3 is 0 Å². The van der Waals surface area contributed by atoms with Crippen LogP contribution in [0, 0.1) is 6.92 Å². The SMILES string of the molecule is Cc1ccccc1C(=O)N(CC(=O)Nc1nccs1)C[C@H]1CCCO1. The lowest BCUT2D eigenvalue weighted by atomic mass is 10.1. The van der Waals surface area contributed by atoms with Gasteiger partial charge in [0.2, 0.25) is 5.91 Å². The van der Waals surface area contributed by atoms with Crippen molar-refractivity contribution in [2.75, 3.05) is 25.0 Å². The fourth-order valence-electron chi connectivity index (χ4n) is 2.85. The highest BCUT2D eigenvalue weighted by atomic mass is 32.1. The molecule has 1 atom stereocenters. The van der Waals surface area contributed by atoms with E-state index in [4.69, 9.17) is 4.74 Å². The predicted octanol–water partition coefficient (Wildman–Crippen LogP) is 2.71. The maximum atomic E-state index is 13.0. The summed E-state index contributed by atoms with van der Waals surface area (Å²) in [6.07, 6.45) is 3.51. The zero-order chi connectivity index (χ0) is 17.6. The quantitative estimate of drug-likeness (QED) is 0.861. The van der Waals surface area contributed by atoms with E-state index in [1.54, 1.807) is 22.5 Å². The van der Waals surface area contributed by atoms with Crippen molar-refractivity contribution >= 4 is 28.3 Å². The van der Waals surface area contributed by atoms with E-state index in [1.807, 2.05) is 25.1 Å². The van der Waals surface area contributed by atoms with Crippen LogP contribution in [-0.2, 0) is 9.53 Å². The molecule has 0 saturated carbocycles. The van der Waals surface area contributed by atoms with Crippen molar-refractivity contribution in [1.82, 2.24) is 9.88 Å². The molecular weight excluding hydrogens is 338 g/mol. The van der Waals surface area contributed by atoms with E-state index in [1.165, 1.54) is 11.3 Å². The molecule has 132 valence electrons. The van der Waals surface area contributed by atoms with Crippen molar-refractivity contribution in [2.45, 2.75) is 25.9 Å². The van der Waals surface area contributed by atoms with Gasteiger partial charge in [0.15, 0.2) is 5.13 Å². The van der Waals surface area contributed by atoms with Crippen LogP contribution in [0.25, 0.3) is 0 Å². The van der Waals surface area contributed by atoms with Gasteiger partial charge in [0.25, 0.3) is 5.91 Å². The number of amides is 2. The predicted molar refractivity (Wildman–Crippen MR) is 96.8 cm³/mol. The molecule has 7 heteroatoms. The lowest BCUT2D eigenvalue weighted by Crippen LogP contribution is -2.42. The number of rotatable bonds is 6. The standard InChI is InChI=1S/C18H21N3O3S/c1-13-5-2-3-7-15(13)17(23)21(11-14-6-4-9-24-14)12-16(22)20-18-19-8-10-25-18/h2-3,5,7-8,10,14H,4,6,9,11-12H2,1H3,(H,19,20,22)/t14-/m1/s1. The summed E-state index contributed by atoms with van der Waals surface area (Å²) < 4.78 is 5.65. The van der Waals surface area contributed by atoms with Gasteiger partial charge in [0.1, 0.15) is 6.54 Å². The largest absolute Gasteiger partial charge is 0.376 e. The van der Waals surface area contributed by atoms with Gasteiger partial charge in [-0.1, -0.05) is 18.2 Å². The van der Waals surface area contributed by atoms with E-state index < -0.39 is 0 Å². The first-order valence-corrected chi connectivity index (χ1v) is 9.17. The van der Waals surface area contributed by atoms with E-state index in [2.05, 4.69) is 10.3 Å². The van der Waals surface area contributed by atoms with Crippen LogP contribution in [0.2, 0.25) is 0 Å². The molecule has 2 amide bonds. The van der Waals surface area contributed by atoms with Gasteiger partial charge in [-0.2, -0.15) is 0 Å². The lowest BCUT2D eigenvalue weighted by molar-refractivity contribution is -0.117. The van der Waals surface area contributed by atoms with Crippen molar-refractivity contribution in [2.24, 2.45) is 0 Å². The molecule has 1 saturated heterocycles. The molecule has 0 bridgehead atoms. The molecule has 25 heavy (non-hydrogen) atoms. The number of thiazole rings is 1. The van der Waals surface area contributed by atoms with Gasteiger partial charge < -0.3 is 15.0 Å². The van der Waals surface area contributed by atoms with Crippen LogP contribution < -0.4 is 5.32 Å². The Kier molecular flexibility index (Phi) is 5.78. The molecule has 2 aromatic rings. The summed E-state index contributed by atoms with van der Waals surface area (Å²) in [6, 6.07) is 7.41. The average molecular weight is 359 g/mol. The number of nitrogens with zero attached hydrogens (tertiary/aromatic N) is 2. The van der Waals surface area contributed by atoms with Crippen LogP contribution in [0.4, 0.5) is 5.13 Å². The minimum Gasteiger partial charge on any atom is -0.376 e. The second-order valence-electron chi connectivity index (χ2n) is 6.02.